The van der Waals surface area contributed by atoms with Gasteiger partial charge in [-0.3, -0.25) is 0 Å². The molecule has 0 saturated carbocycles. The second-order valence-corrected chi connectivity index (χ2v) is 6.41. The maximum Gasteiger partial charge on any atom is 0.242 e. The highest BCUT2D eigenvalue weighted by atomic mass is 32.2. The van der Waals surface area contributed by atoms with E-state index in [-0.39, 0.29) is 11.5 Å². The van der Waals surface area contributed by atoms with Crippen LogP contribution >= 0.6 is 0 Å². The largest absolute Gasteiger partial charge is 0.390 e. The van der Waals surface area contributed by atoms with E-state index in [2.05, 4.69) is 18.6 Å². The molecule has 5 nitrogen and oxygen atoms in total. The molecule has 19 heavy (non-hydrogen) atoms. The van der Waals surface area contributed by atoms with Crippen LogP contribution in [0.2, 0.25) is 0 Å². The van der Waals surface area contributed by atoms with Gasteiger partial charge < -0.3 is 9.67 Å². The lowest BCUT2D eigenvalue weighted by atomic mass is 10.0. The van der Waals surface area contributed by atoms with E-state index in [1.807, 2.05) is 6.92 Å². The third kappa shape index (κ3) is 4.06. The highest BCUT2D eigenvalue weighted by Crippen LogP contribution is 2.15. The number of aryl methyl sites for hydroxylation is 1. The van der Waals surface area contributed by atoms with E-state index in [1.165, 1.54) is 6.07 Å². The highest BCUT2D eigenvalue weighted by Gasteiger charge is 2.18. The molecule has 110 valence electrons. The zero-order valence-electron chi connectivity index (χ0n) is 11.9. The summed E-state index contributed by atoms with van der Waals surface area (Å²) in [7, 11) is -3.48. The predicted octanol–water partition coefficient (Wildman–Crippen LogP) is 1.71. The fourth-order valence-corrected chi connectivity index (χ4v) is 3.17. The minimum Gasteiger partial charge on any atom is -0.390 e. The Kier molecular flexibility index (Phi) is 6.03. The van der Waals surface area contributed by atoms with Crippen molar-refractivity contribution in [1.29, 1.82) is 0 Å². The summed E-state index contributed by atoms with van der Waals surface area (Å²) in [4.78, 5) is 0.226. The SMILES string of the molecule is CCC(CC)CNS(=O)(=O)c1cc(CO)n(CC)c1. The molecule has 6 heteroatoms. The third-order valence-corrected chi connectivity index (χ3v) is 4.88. The maximum absolute atomic E-state index is 12.2. The van der Waals surface area contributed by atoms with Gasteiger partial charge in [-0.1, -0.05) is 26.7 Å². The van der Waals surface area contributed by atoms with E-state index in [1.54, 1.807) is 10.8 Å². The van der Waals surface area contributed by atoms with Crippen LogP contribution in [0, 0.1) is 5.92 Å². The maximum atomic E-state index is 12.2. The van der Waals surface area contributed by atoms with Gasteiger partial charge in [-0.15, -0.1) is 0 Å². The standard InChI is InChI=1S/C13H24N2O3S/c1-4-11(5-2)8-14-19(17,18)13-7-12(10-16)15(6-3)9-13/h7,9,11,14,16H,4-6,8,10H2,1-3H3. The molecule has 0 amide bonds. The van der Waals surface area contributed by atoms with Crippen molar-refractivity contribution in [2.75, 3.05) is 6.54 Å². The molecule has 2 N–H and O–H groups in total. The molecule has 0 aromatic carbocycles. The molecule has 0 unspecified atom stereocenters. The van der Waals surface area contributed by atoms with Gasteiger partial charge in [0.1, 0.15) is 0 Å². The van der Waals surface area contributed by atoms with E-state index >= 15 is 0 Å². The Hall–Kier alpha value is -0.850. The van der Waals surface area contributed by atoms with Gasteiger partial charge >= 0.3 is 0 Å². The molecule has 1 aromatic rings. The average Bonchev–Trinajstić information content (AvgIpc) is 2.83. The van der Waals surface area contributed by atoms with Crippen molar-refractivity contribution in [1.82, 2.24) is 9.29 Å². The molecule has 1 rings (SSSR count). The lowest BCUT2D eigenvalue weighted by Gasteiger charge is -2.12. The summed E-state index contributed by atoms with van der Waals surface area (Å²) in [5.41, 5.74) is 0.616. The van der Waals surface area contributed by atoms with E-state index in [4.69, 9.17) is 0 Å². The number of sulfonamides is 1. The number of nitrogens with zero attached hydrogens (tertiary/aromatic N) is 1. The summed E-state index contributed by atoms with van der Waals surface area (Å²) in [6.45, 7) is 6.96. The Balaban J connectivity index is 2.85. The second-order valence-electron chi connectivity index (χ2n) is 4.65. The number of hydrogen-bond donors (Lipinski definition) is 2. The zero-order valence-corrected chi connectivity index (χ0v) is 12.7. The smallest absolute Gasteiger partial charge is 0.242 e. The van der Waals surface area contributed by atoms with Crippen molar-refractivity contribution in [2.24, 2.45) is 5.92 Å². The van der Waals surface area contributed by atoms with Crippen LogP contribution in [0.25, 0.3) is 0 Å². The second kappa shape index (κ2) is 7.07. The predicted molar refractivity (Wildman–Crippen MR) is 75.3 cm³/mol. The molecule has 0 aliphatic rings. The lowest BCUT2D eigenvalue weighted by molar-refractivity contribution is 0.271. The van der Waals surface area contributed by atoms with Crippen LogP contribution in [0.1, 0.15) is 39.3 Å². The molecule has 0 atom stereocenters. The van der Waals surface area contributed by atoms with Crippen LogP contribution in [0.3, 0.4) is 0 Å². The van der Waals surface area contributed by atoms with Crippen molar-refractivity contribution in [3.8, 4) is 0 Å². The summed E-state index contributed by atoms with van der Waals surface area (Å²) >= 11 is 0. The van der Waals surface area contributed by atoms with Gasteiger partial charge in [-0.05, 0) is 18.9 Å². The molecule has 0 aliphatic heterocycles. The Bertz CT molecular complexity index is 468. The van der Waals surface area contributed by atoms with Crippen molar-refractivity contribution in [3.63, 3.8) is 0 Å². The van der Waals surface area contributed by atoms with E-state index in [0.717, 1.165) is 12.8 Å². The quantitative estimate of drug-likeness (QED) is 0.765. The van der Waals surface area contributed by atoms with Crippen molar-refractivity contribution >= 4 is 10.0 Å². The molecule has 0 bridgehead atoms. The van der Waals surface area contributed by atoms with Gasteiger partial charge in [0.05, 0.1) is 11.5 Å². The zero-order chi connectivity index (χ0) is 14.5. The fourth-order valence-electron chi connectivity index (χ4n) is 1.99. The summed E-state index contributed by atoms with van der Waals surface area (Å²) in [5, 5.41) is 9.19. The number of nitrogens with one attached hydrogen (secondary N) is 1. The first kappa shape index (κ1) is 16.2. The van der Waals surface area contributed by atoms with Gasteiger partial charge in [0.2, 0.25) is 10.0 Å². The first-order valence-electron chi connectivity index (χ1n) is 6.78. The molecular weight excluding hydrogens is 264 g/mol. The van der Waals surface area contributed by atoms with Crippen LogP contribution < -0.4 is 4.72 Å². The first-order chi connectivity index (χ1) is 8.98. The van der Waals surface area contributed by atoms with E-state index in [0.29, 0.717) is 24.7 Å². The Morgan fingerprint density at radius 1 is 1.32 bits per heavy atom. The molecule has 0 saturated heterocycles. The minimum absolute atomic E-state index is 0.157. The summed E-state index contributed by atoms with van der Waals surface area (Å²) in [5.74, 6) is 0.361. The number of aromatic nitrogens is 1. The van der Waals surface area contributed by atoms with Crippen LogP contribution in [0.5, 0.6) is 0 Å². The Morgan fingerprint density at radius 2 is 1.95 bits per heavy atom. The minimum atomic E-state index is -3.48. The molecule has 0 radical (unpaired) electrons. The van der Waals surface area contributed by atoms with E-state index in [9.17, 15) is 13.5 Å². The third-order valence-electron chi connectivity index (χ3n) is 3.49. The van der Waals surface area contributed by atoms with Gasteiger partial charge in [0.25, 0.3) is 0 Å². The van der Waals surface area contributed by atoms with Crippen LogP contribution in [-0.4, -0.2) is 24.6 Å². The number of rotatable bonds is 8. The highest BCUT2D eigenvalue weighted by molar-refractivity contribution is 7.89. The summed E-state index contributed by atoms with van der Waals surface area (Å²) in [6, 6.07) is 1.53. The average molecular weight is 288 g/mol. The van der Waals surface area contributed by atoms with E-state index < -0.39 is 10.0 Å². The number of hydrogen-bond acceptors (Lipinski definition) is 3. The molecule has 1 heterocycles. The van der Waals surface area contributed by atoms with Crippen LogP contribution in [0.15, 0.2) is 17.2 Å². The Morgan fingerprint density at radius 3 is 2.37 bits per heavy atom. The van der Waals surface area contributed by atoms with Crippen molar-refractivity contribution < 1.29 is 13.5 Å². The molecular formula is C13H24N2O3S. The van der Waals surface area contributed by atoms with Crippen LogP contribution in [0.4, 0.5) is 0 Å². The lowest BCUT2D eigenvalue weighted by Crippen LogP contribution is -2.28. The monoisotopic (exact) mass is 288 g/mol. The summed E-state index contributed by atoms with van der Waals surface area (Å²) in [6.07, 6.45) is 3.48. The van der Waals surface area contributed by atoms with Crippen LogP contribution in [-0.2, 0) is 23.2 Å². The molecule has 0 spiro atoms. The summed E-state index contributed by atoms with van der Waals surface area (Å²) < 4.78 is 28.7. The number of aliphatic hydroxyl groups excluding tert-OH is 1. The van der Waals surface area contributed by atoms with Gasteiger partial charge in [-0.2, -0.15) is 0 Å². The molecule has 0 aliphatic carbocycles. The van der Waals surface area contributed by atoms with Crippen molar-refractivity contribution in [3.05, 3.63) is 18.0 Å². The topological polar surface area (TPSA) is 71.3 Å². The molecule has 0 fully saturated rings. The number of aliphatic hydroxyl groups is 1. The molecule has 1 aromatic heterocycles. The first-order valence-corrected chi connectivity index (χ1v) is 8.26. The van der Waals surface area contributed by atoms with Gasteiger partial charge in [0.15, 0.2) is 0 Å². The van der Waals surface area contributed by atoms with Crippen molar-refractivity contribution in [2.45, 2.75) is 51.7 Å². The van der Waals surface area contributed by atoms with Gasteiger partial charge in [0, 0.05) is 25.0 Å². The Labute approximate surface area is 115 Å². The van der Waals surface area contributed by atoms with Gasteiger partial charge in [-0.25, -0.2) is 13.1 Å². The fraction of sp³-hybridized carbons (Fsp3) is 0.692. The normalized spacial score (nSPS) is 12.3.